The third-order valence-electron chi connectivity index (χ3n) is 3.62. The minimum Gasteiger partial charge on any atom is -0.494 e. The van der Waals surface area contributed by atoms with Crippen LogP contribution in [0.25, 0.3) is 0 Å². The molecule has 0 radical (unpaired) electrons. The van der Waals surface area contributed by atoms with Crippen LogP contribution in [0.4, 0.5) is 11.4 Å². The number of hydrogen-bond acceptors (Lipinski definition) is 5. The third kappa shape index (κ3) is 4.95. The number of methoxy groups -OCH3 is 1. The van der Waals surface area contributed by atoms with Crippen molar-refractivity contribution in [2.24, 2.45) is 0 Å². The van der Waals surface area contributed by atoms with Crippen LogP contribution in [0.3, 0.4) is 0 Å². The van der Waals surface area contributed by atoms with E-state index in [1.165, 1.54) is 25.3 Å². The molecule has 0 fully saturated rings. The fraction of sp³-hybridized carbons (Fsp3) is 0.278. The predicted molar refractivity (Wildman–Crippen MR) is 102 cm³/mol. The number of ether oxygens (including phenoxy) is 2. The van der Waals surface area contributed by atoms with Gasteiger partial charge in [-0.15, -0.1) is 0 Å². The number of carbonyl (C=O) groups excluding carboxylic acids is 1. The minimum absolute atomic E-state index is 0.118. The molecule has 1 amide bonds. The summed E-state index contributed by atoms with van der Waals surface area (Å²) >= 11 is 3.42. The van der Waals surface area contributed by atoms with E-state index in [0.29, 0.717) is 11.4 Å². The van der Waals surface area contributed by atoms with Gasteiger partial charge in [-0.1, -0.05) is 29.8 Å². The fourth-order valence-corrected chi connectivity index (χ4v) is 2.71. The SMILES string of the molecule is COc1cc([N+](=O)[O-])ccc1NC(=O)COc1ccc(Br)cc1C(C)C. The number of nitrogens with zero attached hydrogens (tertiary/aromatic N) is 1. The molecule has 2 aromatic rings. The Morgan fingerprint density at radius 2 is 1.96 bits per heavy atom. The molecule has 0 atom stereocenters. The second-order valence-electron chi connectivity index (χ2n) is 5.82. The van der Waals surface area contributed by atoms with E-state index in [-0.39, 0.29) is 24.0 Å². The molecule has 2 aromatic carbocycles. The second kappa shape index (κ2) is 8.66. The van der Waals surface area contributed by atoms with Crippen LogP contribution in [-0.2, 0) is 4.79 Å². The number of halogens is 1. The number of non-ortho nitro benzene ring substituents is 1. The van der Waals surface area contributed by atoms with E-state index >= 15 is 0 Å². The molecule has 0 aliphatic heterocycles. The van der Waals surface area contributed by atoms with Gasteiger partial charge in [0.2, 0.25) is 0 Å². The van der Waals surface area contributed by atoms with Crippen molar-refractivity contribution in [1.82, 2.24) is 0 Å². The van der Waals surface area contributed by atoms with Gasteiger partial charge in [0.1, 0.15) is 11.5 Å². The maximum atomic E-state index is 12.2. The van der Waals surface area contributed by atoms with Crippen LogP contribution < -0.4 is 14.8 Å². The molecule has 0 saturated carbocycles. The van der Waals surface area contributed by atoms with E-state index in [4.69, 9.17) is 9.47 Å². The van der Waals surface area contributed by atoms with Crippen molar-refractivity contribution in [3.05, 3.63) is 56.5 Å². The predicted octanol–water partition coefficient (Wildman–Crippen LogP) is 4.51. The van der Waals surface area contributed by atoms with Crippen LogP contribution in [0, 0.1) is 10.1 Å². The van der Waals surface area contributed by atoms with Crippen molar-refractivity contribution in [3.63, 3.8) is 0 Å². The zero-order valence-corrected chi connectivity index (χ0v) is 16.2. The van der Waals surface area contributed by atoms with Crippen molar-refractivity contribution in [1.29, 1.82) is 0 Å². The second-order valence-corrected chi connectivity index (χ2v) is 6.73. The van der Waals surface area contributed by atoms with Crippen molar-refractivity contribution < 1.29 is 19.2 Å². The summed E-state index contributed by atoms with van der Waals surface area (Å²) in [5, 5.41) is 13.4. The summed E-state index contributed by atoms with van der Waals surface area (Å²) in [5.41, 5.74) is 1.21. The van der Waals surface area contributed by atoms with Crippen LogP contribution in [0.5, 0.6) is 11.5 Å². The molecular formula is C18H19BrN2O5. The van der Waals surface area contributed by atoms with Gasteiger partial charge in [-0.25, -0.2) is 0 Å². The summed E-state index contributed by atoms with van der Waals surface area (Å²) in [6.07, 6.45) is 0. The van der Waals surface area contributed by atoms with Crippen molar-refractivity contribution >= 4 is 33.2 Å². The lowest BCUT2D eigenvalue weighted by molar-refractivity contribution is -0.384. The van der Waals surface area contributed by atoms with Gasteiger partial charge in [-0.05, 0) is 35.7 Å². The normalized spacial score (nSPS) is 10.5. The Hall–Kier alpha value is -2.61. The highest BCUT2D eigenvalue weighted by Crippen LogP contribution is 2.30. The molecule has 138 valence electrons. The topological polar surface area (TPSA) is 90.7 Å². The van der Waals surface area contributed by atoms with Crippen LogP contribution in [0.2, 0.25) is 0 Å². The minimum atomic E-state index is -0.530. The van der Waals surface area contributed by atoms with Crippen molar-refractivity contribution in [2.75, 3.05) is 19.0 Å². The van der Waals surface area contributed by atoms with E-state index in [1.54, 1.807) is 6.07 Å². The molecule has 0 aliphatic rings. The van der Waals surface area contributed by atoms with Crippen molar-refractivity contribution in [2.45, 2.75) is 19.8 Å². The van der Waals surface area contributed by atoms with Gasteiger partial charge in [-0.2, -0.15) is 0 Å². The first-order valence-corrected chi connectivity index (χ1v) is 8.65. The number of anilines is 1. The number of rotatable bonds is 7. The lowest BCUT2D eigenvalue weighted by Gasteiger charge is -2.15. The molecule has 0 aromatic heterocycles. The van der Waals surface area contributed by atoms with E-state index in [1.807, 2.05) is 26.0 Å². The quantitative estimate of drug-likeness (QED) is 0.523. The van der Waals surface area contributed by atoms with Crippen molar-refractivity contribution in [3.8, 4) is 11.5 Å². The lowest BCUT2D eigenvalue weighted by atomic mass is 10.0. The molecular weight excluding hydrogens is 404 g/mol. The Bertz CT molecular complexity index is 823. The monoisotopic (exact) mass is 422 g/mol. The molecule has 8 heteroatoms. The Kier molecular flexibility index (Phi) is 6.57. The number of nitro benzene ring substituents is 1. The molecule has 0 heterocycles. The average molecular weight is 423 g/mol. The summed E-state index contributed by atoms with van der Waals surface area (Å²) in [5.74, 6) is 0.684. The zero-order chi connectivity index (χ0) is 19.3. The summed E-state index contributed by atoms with van der Waals surface area (Å²) in [6.45, 7) is 3.88. The molecule has 0 saturated heterocycles. The van der Waals surface area contributed by atoms with Gasteiger partial charge in [0, 0.05) is 10.5 Å². The van der Waals surface area contributed by atoms with E-state index in [2.05, 4.69) is 21.2 Å². The molecule has 1 N–H and O–H groups in total. The van der Waals surface area contributed by atoms with Gasteiger partial charge in [-0.3, -0.25) is 14.9 Å². The zero-order valence-electron chi connectivity index (χ0n) is 14.6. The first-order chi connectivity index (χ1) is 12.3. The largest absolute Gasteiger partial charge is 0.494 e. The highest BCUT2D eigenvalue weighted by atomic mass is 79.9. The number of benzene rings is 2. The molecule has 2 rings (SSSR count). The number of carbonyl (C=O) groups is 1. The van der Waals surface area contributed by atoms with Gasteiger partial charge in [0.05, 0.1) is 23.8 Å². The van der Waals surface area contributed by atoms with Gasteiger partial charge in [0.15, 0.2) is 6.61 Å². The summed E-state index contributed by atoms with van der Waals surface area (Å²) in [6, 6.07) is 9.58. The molecule has 0 spiro atoms. The first kappa shape index (κ1) is 19.7. The Morgan fingerprint density at radius 3 is 2.58 bits per heavy atom. The summed E-state index contributed by atoms with van der Waals surface area (Å²) < 4.78 is 11.7. The fourth-order valence-electron chi connectivity index (χ4n) is 2.33. The Balaban J connectivity index is 2.07. The number of hydrogen-bond donors (Lipinski definition) is 1. The first-order valence-electron chi connectivity index (χ1n) is 7.86. The van der Waals surface area contributed by atoms with Crippen LogP contribution in [0.15, 0.2) is 40.9 Å². The Labute approximate surface area is 159 Å². The molecule has 0 aliphatic carbocycles. The summed E-state index contributed by atoms with van der Waals surface area (Å²) in [4.78, 5) is 22.5. The standard InChI is InChI=1S/C18H19BrN2O5/c1-11(2)14-8-12(19)4-7-16(14)26-10-18(22)20-15-6-5-13(21(23)24)9-17(15)25-3/h4-9,11H,10H2,1-3H3,(H,20,22). The molecule has 26 heavy (non-hydrogen) atoms. The average Bonchev–Trinajstić information content (AvgIpc) is 2.60. The molecule has 7 nitrogen and oxygen atoms in total. The van der Waals surface area contributed by atoms with Gasteiger partial charge in [0.25, 0.3) is 11.6 Å². The van der Waals surface area contributed by atoms with Gasteiger partial charge < -0.3 is 14.8 Å². The van der Waals surface area contributed by atoms with Crippen LogP contribution in [0.1, 0.15) is 25.3 Å². The lowest BCUT2D eigenvalue weighted by Crippen LogP contribution is -2.21. The smallest absolute Gasteiger partial charge is 0.273 e. The highest BCUT2D eigenvalue weighted by molar-refractivity contribution is 9.10. The maximum absolute atomic E-state index is 12.2. The molecule has 0 bridgehead atoms. The molecule has 0 unspecified atom stereocenters. The third-order valence-corrected chi connectivity index (χ3v) is 4.12. The van der Waals surface area contributed by atoms with E-state index < -0.39 is 10.8 Å². The summed E-state index contributed by atoms with van der Waals surface area (Å²) in [7, 11) is 1.38. The van der Waals surface area contributed by atoms with Crippen LogP contribution >= 0.6 is 15.9 Å². The Morgan fingerprint density at radius 1 is 1.23 bits per heavy atom. The van der Waals surface area contributed by atoms with Gasteiger partial charge >= 0.3 is 0 Å². The number of nitrogens with one attached hydrogen (secondary N) is 1. The highest BCUT2D eigenvalue weighted by Gasteiger charge is 2.15. The van der Waals surface area contributed by atoms with E-state index in [9.17, 15) is 14.9 Å². The number of nitro groups is 1. The maximum Gasteiger partial charge on any atom is 0.273 e. The van der Waals surface area contributed by atoms with Crippen LogP contribution in [-0.4, -0.2) is 24.5 Å². The number of amides is 1. The van der Waals surface area contributed by atoms with E-state index in [0.717, 1.165) is 10.0 Å².